The number of nitrogens with two attached hydrogens (primary N) is 1. The van der Waals surface area contributed by atoms with Gasteiger partial charge in [0.1, 0.15) is 11.2 Å². The molecule has 1 amide bonds. The van der Waals surface area contributed by atoms with Gasteiger partial charge >= 0.3 is 0 Å². The maximum atomic E-state index is 11.7. The van der Waals surface area contributed by atoms with Crippen LogP contribution in [0.25, 0.3) is 5.65 Å². The Bertz CT molecular complexity index is 606. The summed E-state index contributed by atoms with van der Waals surface area (Å²) >= 11 is 5.72. The van der Waals surface area contributed by atoms with E-state index in [0.29, 0.717) is 10.7 Å². The molecule has 2 rings (SSSR count). The molecule has 2 N–H and O–H groups in total. The molecule has 76 valence electrons. The summed E-state index contributed by atoms with van der Waals surface area (Å²) in [5.74, 6) is -0.804. The SMILES string of the molecule is NC(=O)c1cnc2ccc(Cl)cn2c1=O. The van der Waals surface area contributed by atoms with Crippen LogP contribution in [-0.2, 0) is 0 Å². The van der Waals surface area contributed by atoms with Gasteiger partial charge in [-0.15, -0.1) is 0 Å². The number of carbonyl (C=O) groups excluding carboxylic acids is 1. The number of pyridine rings is 1. The van der Waals surface area contributed by atoms with E-state index < -0.39 is 11.5 Å². The first-order valence-corrected chi connectivity index (χ1v) is 4.44. The molecule has 5 nitrogen and oxygen atoms in total. The van der Waals surface area contributed by atoms with Crippen LogP contribution < -0.4 is 11.3 Å². The van der Waals surface area contributed by atoms with Gasteiger partial charge in [0.2, 0.25) is 0 Å². The maximum absolute atomic E-state index is 11.7. The van der Waals surface area contributed by atoms with Gasteiger partial charge in [-0.05, 0) is 12.1 Å². The Morgan fingerprint density at radius 1 is 1.47 bits per heavy atom. The van der Waals surface area contributed by atoms with Crippen molar-refractivity contribution in [3.05, 3.63) is 45.5 Å². The third-order valence-electron chi connectivity index (χ3n) is 1.93. The fraction of sp³-hybridized carbons (Fsp3) is 0. The van der Waals surface area contributed by atoms with Crippen LogP contribution in [0.2, 0.25) is 5.02 Å². The van der Waals surface area contributed by atoms with Crippen molar-refractivity contribution in [2.75, 3.05) is 0 Å². The molecule has 0 spiro atoms. The summed E-state index contributed by atoms with van der Waals surface area (Å²) in [7, 11) is 0. The van der Waals surface area contributed by atoms with Crippen LogP contribution >= 0.6 is 11.6 Å². The van der Waals surface area contributed by atoms with Gasteiger partial charge in [0.25, 0.3) is 11.5 Å². The molecule has 0 aromatic carbocycles. The lowest BCUT2D eigenvalue weighted by Gasteiger charge is -2.01. The Kier molecular flexibility index (Phi) is 2.17. The van der Waals surface area contributed by atoms with Gasteiger partial charge in [-0.3, -0.25) is 14.0 Å². The number of carbonyl (C=O) groups is 1. The van der Waals surface area contributed by atoms with E-state index >= 15 is 0 Å². The normalized spacial score (nSPS) is 10.5. The van der Waals surface area contributed by atoms with E-state index in [1.807, 2.05) is 0 Å². The van der Waals surface area contributed by atoms with Crippen LogP contribution in [0, 0.1) is 0 Å². The lowest BCUT2D eigenvalue weighted by molar-refractivity contribution is 0.0998. The van der Waals surface area contributed by atoms with Crippen LogP contribution in [-0.4, -0.2) is 15.3 Å². The predicted octanol–water partition coefficient (Wildman–Crippen LogP) is 0.447. The summed E-state index contributed by atoms with van der Waals surface area (Å²) in [6.45, 7) is 0. The second-order valence-corrected chi connectivity index (χ2v) is 3.35. The quantitative estimate of drug-likeness (QED) is 0.762. The molecule has 0 bridgehead atoms. The lowest BCUT2D eigenvalue weighted by Crippen LogP contribution is -2.26. The number of fused-ring (bicyclic) bond motifs is 1. The molecule has 2 aromatic rings. The highest BCUT2D eigenvalue weighted by Gasteiger charge is 2.09. The van der Waals surface area contributed by atoms with Crippen LogP contribution in [0.1, 0.15) is 10.4 Å². The molecule has 2 aromatic heterocycles. The molecule has 0 atom stereocenters. The van der Waals surface area contributed by atoms with Crippen molar-refractivity contribution in [3.63, 3.8) is 0 Å². The highest BCUT2D eigenvalue weighted by atomic mass is 35.5. The maximum Gasteiger partial charge on any atom is 0.270 e. The number of rotatable bonds is 1. The monoisotopic (exact) mass is 223 g/mol. The summed E-state index contributed by atoms with van der Waals surface area (Å²) in [4.78, 5) is 26.5. The van der Waals surface area contributed by atoms with E-state index in [4.69, 9.17) is 17.3 Å². The van der Waals surface area contributed by atoms with E-state index in [2.05, 4.69) is 4.98 Å². The fourth-order valence-corrected chi connectivity index (χ4v) is 1.38. The number of amides is 1. The molecule has 0 aliphatic carbocycles. The van der Waals surface area contributed by atoms with Crippen molar-refractivity contribution in [2.24, 2.45) is 5.73 Å². The molecule has 0 fully saturated rings. The fourth-order valence-electron chi connectivity index (χ4n) is 1.22. The molecule has 0 saturated heterocycles. The molecular weight excluding hydrogens is 218 g/mol. The first kappa shape index (κ1) is 9.67. The molecule has 0 aliphatic heterocycles. The van der Waals surface area contributed by atoms with E-state index in [1.54, 1.807) is 12.1 Å². The Hall–Kier alpha value is -1.88. The van der Waals surface area contributed by atoms with Gasteiger partial charge in [0.05, 0.1) is 5.02 Å². The molecule has 0 radical (unpaired) electrons. The second-order valence-electron chi connectivity index (χ2n) is 2.92. The first-order chi connectivity index (χ1) is 7.09. The van der Waals surface area contributed by atoms with Crippen molar-refractivity contribution >= 4 is 23.2 Å². The van der Waals surface area contributed by atoms with Gasteiger partial charge in [-0.25, -0.2) is 4.98 Å². The Balaban J connectivity index is 2.89. The van der Waals surface area contributed by atoms with Crippen molar-refractivity contribution in [1.29, 1.82) is 0 Å². The van der Waals surface area contributed by atoms with Crippen LogP contribution in [0.5, 0.6) is 0 Å². The average Bonchev–Trinajstić information content (AvgIpc) is 2.19. The average molecular weight is 224 g/mol. The first-order valence-electron chi connectivity index (χ1n) is 4.06. The predicted molar refractivity (Wildman–Crippen MR) is 55.0 cm³/mol. The molecule has 0 saturated carbocycles. The summed E-state index contributed by atoms with van der Waals surface area (Å²) in [5, 5.41) is 0.382. The number of hydrogen-bond acceptors (Lipinski definition) is 3. The molecule has 0 aliphatic rings. The standard InChI is InChI=1S/C9H6ClN3O2/c10-5-1-2-7-12-3-6(8(11)14)9(15)13(7)4-5/h1-4H,(H2,11,14). The highest BCUT2D eigenvalue weighted by Crippen LogP contribution is 2.07. The van der Waals surface area contributed by atoms with Gasteiger partial charge in [0, 0.05) is 12.4 Å². The van der Waals surface area contributed by atoms with Crippen molar-refractivity contribution in [3.8, 4) is 0 Å². The largest absolute Gasteiger partial charge is 0.365 e. The van der Waals surface area contributed by atoms with Gasteiger partial charge in [0.15, 0.2) is 0 Å². The molecule has 6 heteroatoms. The summed E-state index contributed by atoms with van der Waals surface area (Å²) < 4.78 is 1.18. The zero-order valence-electron chi connectivity index (χ0n) is 7.48. The molecular formula is C9H6ClN3O2. The van der Waals surface area contributed by atoms with Crippen molar-refractivity contribution < 1.29 is 4.79 Å². The van der Waals surface area contributed by atoms with Gasteiger partial charge < -0.3 is 5.73 Å². The van der Waals surface area contributed by atoms with E-state index in [0.717, 1.165) is 6.20 Å². The van der Waals surface area contributed by atoms with Crippen LogP contribution in [0.3, 0.4) is 0 Å². The number of halogens is 1. The Morgan fingerprint density at radius 3 is 2.87 bits per heavy atom. The van der Waals surface area contributed by atoms with E-state index in [1.165, 1.54) is 10.6 Å². The second kappa shape index (κ2) is 3.36. The third kappa shape index (κ3) is 1.57. The molecule has 15 heavy (non-hydrogen) atoms. The van der Waals surface area contributed by atoms with Crippen LogP contribution in [0.15, 0.2) is 29.3 Å². The molecule has 2 heterocycles. The molecule has 0 unspecified atom stereocenters. The number of primary amides is 1. The Labute approximate surface area is 89.1 Å². The smallest absolute Gasteiger partial charge is 0.270 e. The van der Waals surface area contributed by atoms with Crippen molar-refractivity contribution in [2.45, 2.75) is 0 Å². The van der Waals surface area contributed by atoms with Gasteiger partial charge in [-0.2, -0.15) is 0 Å². The topological polar surface area (TPSA) is 77.5 Å². The third-order valence-corrected chi connectivity index (χ3v) is 2.16. The number of nitrogens with zero attached hydrogens (tertiary/aromatic N) is 2. The zero-order valence-corrected chi connectivity index (χ0v) is 8.23. The summed E-state index contributed by atoms with van der Waals surface area (Å²) in [6.07, 6.45) is 2.55. The summed E-state index contributed by atoms with van der Waals surface area (Å²) in [6, 6.07) is 3.18. The van der Waals surface area contributed by atoms with Crippen LogP contribution in [0.4, 0.5) is 0 Å². The number of aromatic nitrogens is 2. The number of hydrogen-bond donors (Lipinski definition) is 1. The minimum Gasteiger partial charge on any atom is -0.365 e. The lowest BCUT2D eigenvalue weighted by atomic mass is 10.3. The summed E-state index contributed by atoms with van der Waals surface area (Å²) in [5.41, 5.74) is 4.75. The Morgan fingerprint density at radius 2 is 2.20 bits per heavy atom. The highest BCUT2D eigenvalue weighted by molar-refractivity contribution is 6.30. The van der Waals surface area contributed by atoms with E-state index in [-0.39, 0.29) is 5.56 Å². The van der Waals surface area contributed by atoms with E-state index in [9.17, 15) is 9.59 Å². The van der Waals surface area contributed by atoms with Gasteiger partial charge in [-0.1, -0.05) is 11.6 Å². The minimum atomic E-state index is -0.804. The minimum absolute atomic E-state index is 0.158. The zero-order chi connectivity index (χ0) is 11.0. The van der Waals surface area contributed by atoms with Crippen molar-refractivity contribution in [1.82, 2.24) is 9.38 Å².